The molecule has 1 nitrogen and oxygen atoms in total. The van der Waals surface area contributed by atoms with Crippen molar-refractivity contribution in [2.75, 3.05) is 0 Å². The number of hydrogen-bond acceptors (Lipinski definition) is 2. The van der Waals surface area contributed by atoms with E-state index in [0.717, 1.165) is 11.8 Å². The summed E-state index contributed by atoms with van der Waals surface area (Å²) >= 11 is 4.87. The second kappa shape index (κ2) is 5.27. The van der Waals surface area contributed by atoms with Gasteiger partial charge in [-0.3, -0.25) is 0 Å². The Kier molecular flexibility index (Phi) is 4.08. The van der Waals surface area contributed by atoms with E-state index >= 15 is 0 Å². The lowest BCUT2D eigenvalue weighted by atomic mass is 9.57. The van der Waals surface area contributed by atoms with Crippen LogP contribution in [0.25, 0.3) is 0 Å². The van der Waals surface area contributed by atoms with E-state index in [-0.39, 0.29) is 5.54 Å². The molecule has 0 aromatic carbocycles. The normalized spacial score (nSPS) is 39.8. The summed E-state index contributed by atoms with van der Waals surface area (Å²) in [5.41, 5.74) is 1.60. The van der Waals surface area contributed by atoms with Crippen LogP contribution in [-0.2, 0) is 0 Å². The number of allylic oxidation sites excluding steroid dienone is 2. The maximum Gasteiger partial charge on any atom is 0.0716 e. The Labute approximate surface area is 117 Å². The molecule has 0 aliphatic heterocycles. The lowest BCUT2D eigenvalue weighted by Crippen LogP contribution is -2.47. The third-order valence-corrected chi connectivity index (χ3v) is 5.32. The van der Waals surface area contributed by atoms with E-state index in [1.54, 1.807) is 5.57 Å². The van der Waals surface area contributed by atoms with Gasteiger partial charge in [-0.1, -0.05) is 25.5 Å². The highest BCUT2D eigenvalue weighted by Crippen LogP contribution is 2.51. The van der Waals surface area contributed by atoms with Crippen molar-refractivity contribution < 1.29 is 0 Å². The average Bonchev–Trinajstić information content (AvgIpc) is 2.28. The Morgan fingerprint density at radius 2 is 2.17 bits per heavy atom. The van der Waals surface area contributed by atoms with Crippen molar-refractivity contribution in [3.63, 3.8) is 0 Å². The molecule has 0 aromatic rings. The van der Waals surface area contributed by atoms with E-state index in [9.17, 15) is 0 Å². The number of nitrogens with zero attached hydrogens (tertiary/aromatic N) is 1. The number of rotatable bonds is 2. The number of hydrogen-bond donors (Lipinski definition) is 0. The molecule has 18 heavy (non-hydrogen) atoms. The molecule has 0 radical (unpaired) electrons. The Bertz CT molecular complexity index is 392. The number of fused-ring (bicyclic) bond motifs is 1. The maximum absolute atomic E-state index is 4.87. The zero-order valence-corrected chi connectivity index (χ0v) is 12.9. The molecule has 0 heterocycles. The lowest BCUT2D eigenvalue weighted by molar-refractivity contribution is 0.0685. The van der Waals surface area contributed by atoms with E-state index in [1.807, 2.05) is 0 Å². The van der Waals surface area contributed by atoms with Gasteiger partial charge in [0.2, 0.25) is 0 Å². The van der Waals surface area contributed by atoms with E-state index in [1.165, 1.54) is 25.7 Å². The fourth-order valence-corrected chi connectivity index (χ4v) is 4.32. The van der Waals surface area contributed by atoms with Crippen molar-refractivity contribution >= 4 is 17.4 Å². The summed E-state index contributed by atoms with van der Waals surface area (Å²) in [6.07, 6.45) is 7.49. The molecule has 100 valence electrons. The molecule has 0 N–H and O–H groups in total. The van der Waals surface area contributed by atoms with Crippen LogP contribution in [-0.4, -0.2) is 10.7 Å². The van der Waals surface area contributed by atoms with E-state index in [0.29, 0.717) is 11.8 Å². The molecule has 2 rings (SSSR count). The van der Waals surface area contributed by atoms with Gasteiger partial charge >= 0.3 is 0 Å². The second-order valence-electron chi connectivity index (χ2n) is 6.74. The van der Waals surface area contributed by atoms with Crippen LogP contribution < -0.4 is 0 Å². The predicted molar refractivity (Wildman–Crippen MR) is 81.0 cm³/mol. The SMILES string of the molecule is CC1=C[C@@H]2C(CC1)[C@@](C)(N=C=S)CC[C@H]2C(C)C. The summed E-state index contributed by atoms with van der Waals surface area (Å²) in [6, 6.07) is 0. The number of isothiocyanates is 1. The van der Waals surface area contributed by atoms with Gasteiger partial charge < -0.3 is 0 Å². The monoisotopic (exact) mass is 263 g/mol. The van der Waals surface area contributed by atoms with E-state index in [4.69, 9.17) is 12.2 Å². The zero-order valence-electron chi connectivity index (χ0n) is 12.1. The maximum atomic E-state index is 4.87. The molecule has 2 aliphatic rings. The minimum atomic E-state index is 0.0367. The fourth-order valence-electron chi connectivity index (χ4n) is 4.11. The van der Waals surface area contributed by atoms with Crippen molar-refractivity contribution in [2.45, 2.75) is 58.9 Å². The van der Waals surface area contributed by atoms with Crippen molar-refractivity contribution in [1.29, 1.82) is 0 Å². The zero-order chi connectivity index (χ0) is 13.3. The molecule has 0 saturated heterocycles. The summed E-state index contributed by atoms with van der Waals surface area (Å²) < 4.78 is 0. The average molecular weight is 263 g/mol. The Hall–Kier alpha value is -0.460. The summed E-state index contributed by atoms with van der Waals surface area (Å²) in [6.45, 7) is 9.30. The van der Waals surface area contributed by atoms with Crippen molar-refractivity contribution in [1.82, 2.24) is 0 Å². The molecular weight excluding hydrogens is 238 g/mol. The third kappa shape index (κ3) is 2.46. The van der Waals surface area contributed by atoms with Crippen LogP contribution in [0.5, 0.6) is 0 Å². The summed E-state index contributed by atoms with van der Waals surface area (Å²) in [7, 11) is 0. The molecule has 2 heteroatoms. The molecule has 0 amide bonds. The molecule has 0 spiro atoms. The molecule has 2 aliphatic carbocycles. The fraction of sp³-hybridized carbons (Fsp3) is 0.812. The first-order chi connectivity index (χ1) is 8.48. The first kappa shape index (κ1) is 14.0. The van der Waals surface area contributed by atoms with Crippen LogP contribution in [0.4, 0.5) is 0 Å². The summed E-state index contributed by atoms with van der Waals surface area (Å²) in [5.74, 6) is 2.95. The summed E-state index contributed by atoms with van der Waals surface area (Å²) in [5, 5.41) is 2.65. The van der Waals surface area contributed by atoms with Crippen LogP contribution in [0, 0.1) is 23.7 Å². The highest BCUT2D eigenvalue weighted by atomic mass is 32.1. The van der Waals surface area contributed by atoms with Crippen LogP contribution in [0.3, 0.4) is 0 Å². The number of thiocarbonyl (C=S) groups is 1. The molecular formula is C16H25NS. The third-order valence-electron chi connectivity index (χ3n) is 5.23. The van der Waals surface area contributed by atoms with Crippen LogP contribution in [0.2, 0.25) is 0 Å². The second-order valence-corrected chi connectivity index (χ2v) is 6.92. The predicted octanol–water partition coefficient (Wildman–Crippen LogP) is 4.89. The molecule has 1 unspecified atom stereocenters. The van der Waals surface area contributed by atoms with Gasteiger partial charge in [0.15, 0.2) is 0 Å². The van der Waals surface area contributed by atoms with Crippen molar-refractivity contribution in [3.05, 3.63) is 11.6 Å². The molecule has 1 fully saturated rings. The smallest absolute Gasteiger partial charge is 0.0716 e. The first-order valence-electron chi connectivity index (χ1n) is 7.24. The molecule has 4 atom stereocenters. The Morgan fingerprint density at radius 1 is 1.44 bits per heavy atom. The van der Waals surface area contributed by atoms with Crippen LogP contribution in [0.1, 0.15) is 53.4 Å². The highest BCUT2D eigenvalue weighted by molar-refractivity contribution is 7.78. The van der Waals surface area contributed by atoms with E-state index in [2.05, 4.69) is 43.9 Å². The van der Waals surface area contributed by atoms with E-state index < -0.39 is 0 Å². The number of aliphatic imine (C=N–C) groups is 1. The van der Waals surface area contributed by atoms with Gasteiger partial charge in [0.05, 0.1) is 10.7 Å². The Balaban J connectivity index is 2.34. The lowest BCUT2D eigenvalue weighted by Gasteiger charge is -2.49. The largest absolute Gasteiger partial charge is 0.226 e. The van der Waals surface area contributed by atoms with Crippen molar-refractivity contribution in [2.24, 2.45) is 28.7 Å². The quantitative estimate of drug-likeness (QED) is 0.393. The van der Waals surface area contributed by atoms with Crippen molar-refractivity contribution in [3.8, 4) is 0 Å². The minimum Gasteiger partial charge on any atom is -0.226 e. The van der Waals surface area contributed by atoms with Gasteiger partial charge in [-0.25, -0.2) is 4.99 Å². The first-order valence-corrected chi connectivity index (χ1v) is 7.65. The van der Waals surface area contributed by atoms with Gasteiger partial charge in [0, 0.05) is 0 Å². The highest BCUT2D eigenvalue weighted by Gasteiger charge is 2.47. The van der Waals surface area contributed by atoms with Gasteiger partial charge in [-0.2, -0.15) is 0 Å². The van der Waals surface area contributed by atoms with Crippen LogP contribution in [0.15, 0.2) is 16.6 Å². The Morgan fingerprint density at radius 3 is 2.78 bits per heavy atom. The minimum absolute atomic E-state index is 0.0367. The summed E-state index contributed by atoms with van der Waals surface area (Å²) in [4.78, 5) is 4.55. The van der Waals surface area contributed by atoms with Gasteiger partial charge in [0.1, 0.15) is 0 Å². The molecule has 0 bridgehead atoms. The van der Waals surface area contributed by atoms with Gasteiger partial charge in [0.25, 0.3) is 0 Å². The molecule has 0 aromatic heterocycles. The molecule has 1 saturated carbocycles. The topological polar surface area (TPSA) is 12.4 Å². The standard InChI is InChI=1S/C16H25NS/c1-11(2)13-7-8-16(4,17-10-18)15-6-5-12(3)9-14(13)15/h9,11,13-15H,5-8H2,1-4H3/t13-,14-,15?,16-/m0/s1. The van der Waals surface area contributed by atoms with Gasteiger partial charge in [-0.05, 0) is 75.4 Å². The van der Waals surface area contributed by atoms with Gasteiger partial charge in [-0.15, -0.1) is 0 Å². The van der Waals surface area contributed by atoms with Crippen LogP contribution >= 0.6 is 12.2 Å².